The Bertz CT molecular complexity index is 458. The zero-order valence-corrected chi connectivity index (χ0v) is 7.21. The molecule has 0 radical (unpaired) electrons. The molecule has 0 aliphatic carbocycles. The summed E-state index contributed by atoms with van der Waals surface area (Å²) in [4.78, 5) is 0. The molecular weight excluding hydrogens is 167 g/mol. The molecule has 0 fully saturated rings. The third kappa shape index (κ3) is 1.24. The zero-order chi connectivity index (χ0) is 9.42. The number of phenols is 1. The molecule has 1 N–H and O–H groups in total. The second-order valence-electron chi connectivity index (χ2n) is 3.10. The van der Waals surface area contributed by atoms with E-state index in [1.807, 2.05) is 12.1 Å². The summed E-state index contributed by atoms with van der Waals surface area (Å²) in [5, 5.41) is 11.0. The van der Waals surface area contributed by atoms with Gasteiger partial charge in [-0.1, -0.05) is 18.2 Å². The van der Waals surface area contributed by atoms with Crippen molar-refractivity contribution in [3.8, 4) is 5.75 Å². The third-order valence-corrected chi connectivity index (χ3v) is 2.16. The fraction of sp³-hybridized carbons (Fsp3) is 0.0909. The van der Waals surface area contributed by atoms with Gasteiger partial charge in [0.2, 0.25) is 0 Å². The van der Waals surface area contributed by atoms with E-state index >= 15 is 0 Å². The number of benzene rings is 2. The molecule has 1 nitrogen and oxygen atoms in total. The smallest absolute Gasteiger partial charge is 0.126 e. The summed E-state index contributed by atoms with van der Waals surface area (Å²) in [5.74, 6) is -0.162. The molecule has 66 valence electrons. The van der Waals surface area contributed by atoms with E-state index in [0.29, 0.717) is 5.39 Å². The van der Waals surface area contributed by atoms with Crippen LogP contribution in [-0.2, 0) is 0 Å². The number of aryl methyl sites for hydroxylation is 1. The van der Waals surface area contributed by atoms with Crippen LogP contribution in [0.15, 0.2) is 30.3 Å². The summed E-state index contributed by atoms with van der Waals surface area (Å²) in [7, 11) is 0. The summed E-state index contributed by atoms with van der Waals surface area (Å²) >= 11 is 0. The molecule has 0 atom stereocenters. The zero-order valence-electron chi connectivity index (χ0n) is 7.21. The second-order valence-corrected chi connectivity index (χ2v) is 3.10. The lowest BCUT2D eigenvalue weighted by atomic mass is 10.1. The Morgan fingerprint density at radius 2 is 1.85 bits per heavy atom. The fourth-order valence-corrected chi connectivity index (χ4v) is 1.39. The van der Waals surface area contributed by atoms with Crippen LogP contribution in [0, 0.1) is 12.7 Å². The Morgan fingerprint density at radius 1 is 1.15 bits per heavy atom. The van der Waals surface area contributed by atoms with Gasteiger partial charge in [0.05, 0.1) is 0 Å². The molecule has 0 saturated heterocycles. The molecule has 2 aromatic carbocycles. The van der Waals surface area contributed by atoms with Crippen LogP contribution in [0.25, 0.3) is 10.8 Å². The molecule has 2 heteroatoms. The van der Waals surface area contributed by atoms with Crippen LogP contribution in [0.5, 0.6) is 5.75 Å². The first-order chi connectivity index (χ1) is 6.18. The Morgan fingerprint density at radius 3 is 2.62 bits per heavy atom. The quantitative estimate of drug-likeness (QED) is 0.654. The fourth-order valence-electron chi connectivity index (χ4n) is 1.39. The van der Waals surface area contributed by atoms with Crippen molar-refractivity contribution in [2.24, 2.45) is 0 Å². The highest BCUT2D eigenvalue weighted by atomic mass is 19.1. The second kappa shape index (κ2) is 2.73. The van der Waals surface area contributed by atoms with Crippen molar-refractivity contribution >= 4 is 10.8 Å². The van der Waals surface area contributed by atoms with Crippen molar-refractivity contribution in [3.05, 3.63) is 41.7 Å². The van der Waals surface area contributed by atoms with E-state index in [2.05, 4.69) is 0 Å². The van der Waals surface area contributed by atoms with Gasteiger partial charge in [0.25, 0.3) is 0 Å². The van der Waals surface area contributed by atoms with E-state index in [-0.39, 0.29) is 11.6 Å². The number of aromatic hydroxyl groups is 1. The first kappa shape index (κ1) is 8.05. The largest absolute Gasteiger partial charge is 0.507 e. The van der Waals surface area contributed by atoms with Crippen LogP contribution in [0.2, 0.25) is 0 Å². The highest BCUT2D eigenvalue weighted by Crippen LogP contribution is 2.28. The van der Waals surface area contributed by atoms with Gasteiger partial charge in [0, 0.05) is 5.39 Å². The lowest BCUT2D eigenvalue weighted by molar-refractivity contribution is 0.477. The molecule has 0 aromatic heterocycles. The number of fused-ring (bicyclic) bond motifs is 1. The summed E-state index contributed by atoms with van der Waals surface area (Å²) in [6.45, 7) is 1.79. The molecule has 0 unspecified atom stereocenters. The van der Waals surface area contributed by atoms with Gasteiger partial charge in [-0.25, -0.2) is 4.39 Å². The van der Waals surface area contributed by atoms with Gasteiger partial charge in [0.1, 0.15) is 11.6 Å². The van der Waals surface area contributed by atoms with E-state index in [0.717, 1.165) is 10.9 Å². The van der Waals surface area contributed by atoms with Crippen LogP contribution in [0.4, 0.5) is 4.39 Å². The Kier molecular flexibility index (Phi) is 1.69. The molecule has 2 rings (SSSR count). The molecule has 0 spiro atoms. The van der Waals surface area contributed by atoms with E-state index < -0.39 is 0 Å². The molecule has 0 aliphatic rings. The van der Waals surface area contributed by atoms with E-state index in [1.54, 1.807) is 13.0 Å². The summed E-state index contributed by atoms with van der Waals surface area (Å²) in [6.07, 6.45) is 0. The first-order valence-corrected chi connectivity index (χ1v) is 4.06. The van der Waals surface area contributed by atoms with Crippen molar-refractivity contribution in [2.45, 2.75) is 6.92 Å². The maximum absolute atomic E-state index is 12.8. The lowest BCUT2D eigenvalue weighted by Crippen LogP contribution is -1.80. The van der Waals surface area contributed by atoms with Crippen molar-refractivity contribution < 1.29 is 9.50 Å². The molecular formula is C11H9FO. The summed E-state index contributed by atoms with van der Waals surface area (Å²) < 4.78 is 12.8. The summed E-state index contributed by atoms with van der Waals surface area (Å²) in [5.41, 5.74) is 0.762. The predicted octanol–water partition coefficient (Wildman–Crippen LogP) is 2.99. The predicted molar refractivity (Wildman–Crippen MR) is 50.3 cm³/mol. The molecule has 0 bridgehead atoms. The Hall–Kier alpha value is -1.57. The van der Waals surface area contributed by atoms with Gasteiger partial charge in [-0.15, -0.1) is 0 Å². The topological polar surface area (TPSA) is 20.2 Å². The van der Waals surface area contributed by atoms with Gasteiger partial charge in [-0.3, -0.25) is 0 Å². The number of halogens is 1. The third-order valence-electron chi connectivity index (χ3n) is 2.16. The highest BCUT2D eigenvalue weighted by molar-refractivity contribution is 5.89. The van der Waals surface area contributed by atoms with E-state index in [9.17, 15) is 9.50 Å². The van der Waals surface area contributed by atoms with Crippen LogP contribution in [0.1, 0.15) is 5.56 Å². The maximum atomic E-state index is 12.8. The molecule has 0 heterocycles. The lowest BCUT2D eigenvalue weighted by Gasteiger charge is -2.03. The minimum absolute atomic E-state index is 0.164. The molecule has 13 heavy (non-hydrogen) atoms. The van der Waals surface area contributed by atoms with Crippen molar-refractivity contribution in [2.75, 3.05) is 0 Å². The molecule has 0 amide bonds. The Labute approximate surface area is 75.4 Å². The average molecular weight is 176 g/mol. The molecule has 0 saturated carbocycles. The monoisotopic (exact) mass is 176 g/mol. The van der Waals surface area contributed by atoms with Crippen LogP contribution < -0.4 is 0 Å². The number of rotatable bonds is 0. The average Bonchev–Trinajstić information content (AvgIpc) is 2.12. The van der Waals surface area contributed by atoms with E-state index in [1.165, 1.54) is 12.1 Å². The molecule has 2 aromatic rings. The number of hydrogen-bond donors (Lipinski definition) is 1. The minimum atomic E-state index is -0.326. The van der Waals surface area contributed by atoms with Crippen LogP contribution in [0.3, 0.4) is 0 Å². The van der Waals surface area contributed by atoms with Crippen LogP contribution in [-0.4, -0.2) is 5.11 Å². The SMILES string of the molecule is Cc1ccc2ccc(F)cc2c1O. The Balaban J connectivity index is 2.89. The van der Waals surface area contributed by atoms with Crippen molar-refractivity contribution in [3.63, 3.8) is 0 Å². The standard InChI is InChI=1S/C11H9FO/c1-7-2-3-8-4-5-9(12)6-10(8)11(7)13/h2-6,13H,1H3. The first-order valence-electron chi connectivity index (χ1n) is 4.06. The number of hydrogen-bond acceptors (Lipinski definition) is 1. The van der Waals surface area contributed by atoms with Gasteiger partial charge >= 0.3 is 0 Å². The normalized spacial score (nSPS) is 10.6. The van der Waals surface area contributed by atoms with Crippen LogP contribution >= 0.6 is 0 Å². The van der Waals surface area contributed by atoms with Gasteiger partial charge in [-0.2, -0.15) is 0 Å². The molecule has 0 aliphatic heterocycles. The number of phenolic OH excluding ortho intramolecular Hbond substituents is 1. The summed E-state index contributed by atoms with van der Waals surface area (Å²) in [6, 6.07) is 8.07. The highest BCUT2D eigenvalue weighted by Gasteiger charge is 2.03. The van der Waals surface area contributed by atoms with E-state index in [4.69, 9.17) is 0 Å². The van der Waals surface area contributed by atoms with Gasteiger partial charge in [0.15, 0.2) is 0 Å². The minimum Gasteiger partial charge on any atom is -0.507 e. The van der Waals surface area contributed by atoms with Gasteiger partial charge < -0.3 is 5.11 Å². The maximum Gasteiger partial charge on any atom is 0.126 e. The van der Waals surface area contributed by atoms with Crippen molar-refractivity contribution in [1.29, 1.82) is 0 Å². The van der Waals surface area contributed by atoms with Crippen molar-refractivity contribution in [1.82, 2.24) is 0 Å². The van der Waals surface area contributed by atoms with Gasteiger partial charge in [-0.05, 0) is 30.0 Å².